The van der Waals surface area contributed by atoms with Gasteiger partial charge in [-0.25, -0.2) is 10.2 Å². The van der Waals surface area contributed by atoms with E-state index in [1.54, 1.807) is 19.1 Å². The van der Waals surface area contributed by atoms with E-state index in [0.717, 1.165) is 11.3 Å². The molecule has 0 heterocycles. The Labute approximate surface area is 104 Å². The Bertz CT molecular complexity index is 468. The molecule has 0 saturated carbocycles. The fraction of sp³-hybridized carbons (Fsp3) is 0.273. The van der Waals surface area contributed by atoms with E-state index in [1.807, 2.05) is 0 Å². The second-order valence-corrected chi connectivity index (χ2v) is 3.75. The molecular weight excluding hydrogens is 236 g/mol. The summed E-state index contributed by atoms with van der Waals surface area (Å²) in [4.78, 5) is 20.4. The molecule has 0 aliphatic rings. The van der Waals surface area contributed by atoms with E-state index in [0.29, 0.717) is 12.8 Å². The van der Waals surface area contributed by atoms with Gasteiger partial charge in [-0.2, -0.15) is 5.10 Å². The second kappa shape index (κ2) is 6.33. The van der Waals surface area contributed by atoms with Gasteiger partial charge in [-0.05, 0) is 25.3 Å². The summed E-state index contributed by atoms with van der Waals surface area (Å²) in [6.45, 7) is 1.77. The average Bonchev–Trinajstić information content (AvgIpc) is 2.34. The fourth-order valence-corrected chi connectivity index (χ4v) is 1.32. The number of nitro groups is 1. The summed E-state index contributed by atoms with van der Waals surface area (Å²) in [5.74, 6) is 0. The summed E-state index contributed by atoms with van der Waals surface area (Å²) in [6.07, 6.45) is 1.33. The molecule has 1 aromatic rings. The topological polar surface area (TPSA) is 111 Å². The molecule has 0 aliphatic heterocycles. The van der Waals surface area contributed by atoms with Gasteiger partial charge in [0, 0.05) is 17.8 Å². The molecule has 2 amide bonds. The van der Waals surface area contributed by atoms with E-state index in [-0.39, 0.29) is 5.69 Å². The first-order valence-corrected chi connectivity index (χ1v) is 5.31. The van der Waals surface area contributed by atoms with Gasteiger partial charge in [-0.3, -0.25) is 10.1 Å². The quantitative estimate of drug-likeness (QED) is 0.470. The van der Waals surface area contributed by atoms with Crippen molar-refractivity contribution in [1.82, 2.24) is 5.43 Å². The minimum absolute atomic E-state index is 0.0690. The van der Waals surface area contributed by atoms with Crippen molar-refractivity contribution in [3.8, 4) is 0 Å². The number of nitrogens with one attached hydrogen (secondary N) is 1. The van der Waals surface area contributed by atoms with Crippen LogP contribution in [0.15, 0.2) is 29.4 Å². The largest absolute Gasteiger partial charge is 0.350 e. The first kappa shape index (κ1) is 13.6. The van der Waals surface area contributed by atoms with Crippen molar-refractivity contribution >= 4 is 17.4 Å². The Morgan fingerprint density at radius 2 is 2.06 bits per heavy atom. The average molecular weight is 250 g/mol. The lowest BCUT2D eigenvalue weighted by Gasteiger charge is -2.01. The zero-order chi connectivity index (χ0) is 13.5. The zero-order valence-corrected chi connectivity index (χ0v) is 9.92. The number of urea groups is 1. The monoisotopic (exact) mass is 250 g/mol. The lowest BCUT2D eigenvalue weighted by molar-refractivity contribution is -0.384. The van der Waals surface area contributed by atoms with Crippen LogP contribution in [0.1, 0.15) is 18.9 Å². The molecule has 0 unspecified atom stereocenters. The number of rotatable bonds is 5. The molecule has 1 aromatic carbocycles. The molecular formula is C11H14N4O3. The Morgan fingerprint density at radius 3 is 2.56 bits per heavy atom. The number of hydrogen-bond acceptors (Lipinski definition) is 4. The fourth-order valence-electron chi connectivity index (χ4n) is 1.32. The Hall–Kier alpha value is -2.44. The SMILES string of the molecule is C/C(CCc1ccc([N+](=O)[O-])cc1)=N\NC(N)=O. The maximum absolute atomic E-state index is 10.5. The van der Waals surface area contributed by atoms with Gasteiger partial charge in [0.15, 0.2) is 0 Å². The summed E-state index contributed by atoms with van der Waals surface area (Å²) in [6, 6.07) is 5.62. The van der Waals surface area contributed by atoms with Gasteiger partial charge in [-0.15, -0.1) is 0 Å². The molecule has 0 spiro atoms. The van der Waals surface area contributed by atoms with Gasteiger partial charge >= 0.3 is 6.03 Å². The first-order chi connectivity index (χ1) is 8.49. The molecule has 0 atom stereocenters. The summed E-state index contributed by atoms with van der Waals surface area (Å²) < 4.78 is 0. The van der Waals surface area contributed by atoms with E-state index in [2.05, 4.69) is 10.5 Å². The lowest BCUT2D eigenvalue weighted by atomic mass is 10.1. The van der Waals surface area contributed by atoms with Crippen LogP contribution in [0.2, 0.25) is 0 Å². The standard InChI is InChI=1S/C11H14N4O3/c1-8(13-14-11(12)16)2-3-9-4-6-10(7-5-9)15(17)18/h4-7H,2-3H2,1H3,(H3,12,14,16)/b13-8+. The Kier molecular flexibility index (Phi) is 4.79. The number of aryl methyl sites for hydroxylation is 1. The number of carbonyl (C=O) groups excluding carboxylic acids is 1. The normalized spacial score (nSPS) is 11.1. The predicted octanol–water partition coefficient (Wildman–Crippen LogP) is 1.57. The molecule has 7 nitrogen and oxygen atoms in total. The highest BCUT2D eigenvalue weighted by molar-refractivity contribution is 5.83. The summed E-state index contributed by atoms with van der Waals surface area (Å²) in [5, 5.41) is 14.2. The van der Waals surface area contributed by atoms with Crippen LogP contribution < -0.4 is 11.2 Å². The van der Waals surface area contributed by atoms with Gasteiger partial charge in [0.1, 0.15) is 0 Å². The molecule has 7 heteroatoms. The molecule has 0 aliphatic carbocycles. The van der Waals surface area contributed by atoms with E-state index < -0.39 is 11.0 Å². The molecule has 0 saturated heterocycles. The molecule has 0 aromatic heterocycles. The number of nitrogens with two attached hydrogens (primary N) is 1. The third-order valence-electron chi connectivity index (χ3n) is 2.28. The number of amides is 2. The zero-order valence-electron chi connectivity index (χ0n) is 9.92. The number of primary amides is 1. The van der Waals surface area contributed by atoms with Crippen LogP contribution in [0.25, 0.3) is 0 Å². The molecule has 3 N–H and O–H groups in total. The van der Waals surface area contributed by atoms with Crippen LogP contribution in [0.5, 0.6) is 0 Å². The van der Waals surface area contributed by atoms with Crippen molar-refractivity contribution < 1.29 is 9.72 Å². The minimum Gasteiger partial charge on any atom is -0.350 e. The number of nitrogens with zero attached hydrogens (tertiary/aromatic N) is 2. The third kappa shape index (κ3) is 4.60. The number of hydrogen-bond donors (Lipinski definition) is 2. The van der Waals surface area contributed by atoms with Gasteiger partial charge in [-0.1, -0.05) is 12.1 Å². The Morgan fingerprint density at radius 1 is 1.44 bits per heavy atom. The van der Waals surface area contributed by atoms with Crippen LogP contribution >= 0.6 is 0 Å². The number of nitro benzene ring substituents is 1. The molecule has 1 rings (SSSR count). The van der Waals surface area contributed by atoms with Crippen LogP contribution in [0, 0.1) is 10.1 Å². The molecule has 0 fully saturated rings. The number of non-ortho nitro benzene ring substituents is 1. The van der Waals surface area contributed by atoms with E-state index in [9.17, 15) is 14.9 Å². The lowest BCUT2D eigenvalue weighted by Crippen LogP contribution is -2.25. The van der Waals surface area contributed by atoms with E-state index >= 15 is 0 Å². The van der Waals surface area contributed by atoms with Crippen molar-refractivity contribution in [2.24, 2.45) is 10.8 Å². The minimum atomic E-state index is -0.704. The van der Waals surface area contributed by atoms with E-state index in [1.165, 1.54) is 12.1 Å². The highest BCUT2D eigenvalue weighted by Crippen LogP contribution is 2.13. The summed E-state index contributed by atoms with van der Waals surface area (Å²) in [7, 11) is 0. The predicted molar refractivity (Wildman–Crippen MR) is 67.2 cm³/mol. The number of benzene rings is 1. The highest BCUT2D eigenvalue weighted by Gasteiger charge is 2.04. The van der Waals surface area contributed by atoms with Gasteiger partial charge in [0.2, 0.25) is 0 Å². The van der Waals surface area contributed by atoms with Crippen molar-refractivity contribution in [2.75, 3.05) is 0 Å². The maximum atomic E-state index is 10.5. The number of hydrazone groups is 1. The van der Waals surface area contributed by atoms with Crippen LogP contribution in [-0.4, -0.2) is 16.7 Å². The van der Waals surface area contributed by atoms with Crippen molar-refractivity contribution in [3.05, 3.63) is 39.9 Å². The molecule has 0 radical (unpaired) electrons. The van der Waals surface area contributed by atoms with Crippen molar-refractivity contribution in [3.63, 3.8) is 0 Å². The van der Waals surface area contributed by atoms with Crippen LogP contribution in [-0.2, 0) is 6.42 Å². The van der Waals surface area contributed by atoms with Crippen molar-refractivity contribution in [1.29, 1.82) is 0 Å². The third-order valence-corrected chi connectivity index (χ3v) is 2.28. The highest BCUT2D eigenvalue weighted by atomic mass is 16.6. The van der Waals surface area contributed by atoms with E-state index in [4.69, 9.17) is 5.73 Å². The number of carbonyl (C=O) groups is 1. The second-order valence-electron chi connectivity index (χ2n) is 3.75. The molecule has 18 heavy (non-hydrogen) atoms. The maximum Gasteiger partial charge on any atom is 0.332 e. The van der Waals surface area contributed by atoms with Crippen molar-refractivity contribution in [2.45, 2.75) is 19.8 Å². The summed E-state index contributed by atoms with van der Waals surface area (Å²) in [5.41, 5.74) is 8.78. The van der Waals surface area contributed by atoms with Crippen LogP contribution in [0.3, 0.4) is 0 Å². The summed E-state index contributed by atoms with van der Waals surface area (Å²) >= 11 is 0. The first-order valence-electron chi connectivity index (χ1n) is 5.31. The Balaban J connectivity index is 2.51. The molecule has 0 bridgehead atoms. The smallest absolute Gasteiger partial charge is 0.332 e. The van der Waals surface area contributed by atoms with Gasteiger partial charge in [0.05, 0.1) is 4.92 Å². The van der Waals surface area contributed by atoms with Gasteiger partial charge in [0.25, 0.3) is 5.69 Å². The van der Waals surface area contributed by atoms with Gasteiger partial charge < -0.3 is 5.73 Å². The van der Waals surface area contributed by atoms with Crippen LogP contribution in [0.4, 0.5) is 10.5 Å². The molecule has 96 valence electrons.